The average Bonchev–Trinajstić information content (AvgIpc) is 2.44. The van der Waals surface area contributed by atoms with Crippen LogP contribution in [-0.4, -0.2) is 12.5 Å². The lowest BCUT2D eigenvalue weighted by molar-refractivity contribution is -0.116. The first-order chi connectivity index (χ1) is 10.0. The molecule has 0 saturated carbocycles. The molecule has 0 fully saturated rings. The SMILES string of the molecule is Cc1cc(N)ccc1NC(=O)CCOc1ccc(I)cc1. The number of amides is 1. The lowest BCUT2D eigenvalue weighted by atomic mass is 10.2. The molecule has 0 aromatic heterocycles. The molecule has 4 nitrogen and oxygen atoms in total. The highest BCUT2D eigenvalue weighted by Crippen LogP contribution is 2.18. The summed E-state index contributed by atoms with van der Waals surface area (Å²) in [6.07, 6.45) is 0.301. The van der Waals surface area contributed by atoms with E-state index in [0.29, 0.717) is 18.7 Å². The maximum absolute atomic E-state index is 11.9. The summed E-state index contributed by atoms with van der Waals surface area (Å²) in [6.45, 7) is 2.26. The fraction of sp³-hybridized carbons (Fsp3) is 0.188. The maximum Gasteiger partial charge on any atom is 0.227 e. The number of rotatable bonds is 5. The molecule has 0 aliphatic carbocycles. The van der Waals surface area contributed by atoms with Crippen molar-refractivity contribution in [2.45, 2.75) is 13.3 Å². The molecule has 0 spiro atoms. The van der Waals surface area contributed by atoms with Crippen LogP contribution in [0.3, 0.4) is 0 Å². The molecule has 0 aliphatic rings. The van der Waals surface area contributed by atoms with Gasteiger partial charge in [0, 0.05) is 14.9 Å². The summed E-state index contributed by atoms with van der Waals surface area (Å²) >= 11 is 2.23. The number of hydrogen-bond acceptors (Lipinski definition) is 3. The van der Waals surface area contributed by atoms with Crippen molar-refractivity contribution in [1.82, 2.24) is 0 Å². The Kier molecular flexibility index (Phi) is 5.44. The van der Waals surface area contributed by atoms with Gasteiger partial charge < -0.3 is 15.8 Å². The van der Waals surface area contributed by atoms with Crippen LogP contribution in [0.1, 0.15) is 12.0 Å². The molecular weight excluding hydrogens is 379 g/mol. The Hall–Kier alpha value is -1.76. The van der Waals surface area contributed by atoms with Crippen LogP contribution in [0, 0.1) is 10.5 Å². The fourth-order valence-corrected chi connectivity index (χ4v) is 2.19. The minimum absolute atomic E-state index is 0.0756. The van der Waals surface area contributed by atoms with E-state index in [2.05, 4.69) is 27.9 Å². The first-order valence-electron chi connectivity index (χ1n) is 6.59. The van der Waals surface area contributed by atoms with Crippen molar-refractivity contribution < 1.29 is 9.53 Å². The van der Waals surface area contributed by atoms with E-state index in [4.69, 9.17) is 10.5 Å². The summed E-state index contributed by atoms with van der Waals surface area (Å²) in [7, 11) is 0. The number of halogens is 1. The van der Waals surface area contributed by atoms with E-state index in [1.807, 2.05) is 43.3 Å². The molecule has 0 aliphatic heterocycles. The molecule has 110 valence electrons. The molecule has 1 amide bonds. The van der Waals surface area contributed by atoms with Crippen LogP contribution < -0.4 is 15.8 Å². The van der Waals surface area contributed by atoms with Gasteiger partial charge >= 0.3 is 0 Å². The van der Waals surface area contributed by atoms with Gasteiger partial charge in [-0.2, -0.15) is 0 Å². The van der Waals surface area contributed by atoms with Gasteiger partial charge in [0.1, 0.15) is 5.75 Å². The maximum atomic E-state index is 11.9. The standard InChI is InChI=1S/C16H17IN2O2/c1-11-10-13(18)4-7-15(11)19-16(20)8-9-21-14-5-2-12(17)3-6-14/h2-7,10H,8-9,18H2,1H3,(H,19,20). The molecule has 0 heterocycles. The van der Waals surface area contributed by atoms with Crippen molar-refractivity contribution >= 4 is 39.9 Å². The van der Waals surface area contributed by atoms with E-state index >= 15 is 0 Å². The molecule has 2 aromatic carbocycles. The molecule has 2 aromatic rings. The van der Waals surface area contributed by atoms with Gasteiger partial charge in [-0.05, 0) is 77.5 Å². The third kappa shape index (κ3) is 4.93. The number of benzene rings is 2. The van der Waals surface area contributed by atoms with E-state index in [1.165, 1.54) is 0 Å². The number of carbonyl (C=O) groups excluding carboxylic acids is 1. The van der Waals surface area contributed by atoms with Gasteiger partial charge in [-0.3, -0.25) is 4.79 Å². The summed E-state index contributed by atoms with van der Waals surface area (Å²) in [4.78, 5) is 11.9. The first kappa shape index (κ1) is 15.6. The van der Waals surface area contributed by atoms with Crippen molar-refractivity contribution in [3.8, 4) is 5.75 Å². The molecule has 0 radical (unpaired) electrons. The molecule has 2 rings (SSSR count). The number of nitrogens with two attached hydrogens (primary N) is 1. The Morgan fingerprint density at radius 1 is 1.24 bits per heavy atom. The smallest absolute Gasteiger partial charge is 0.227 e. The summed E-state index contributed by atoms with van der Waals surface area (Å²) in [5, 5.41) is 2.86. The molecular formula is C16H17IN2O2. The second-order valence-electron chi connectivity index (χ2n) is 4.67. The molecule has 3 N–H and O–H groups in total. The predicted molar refractivity (Wildman–Crippen MR) is 93.5 cm³/mol. The minimum Gasteiger partial charge on any atom is -0.493 e. The molecule has 0 bridgehead atoms. The Morgan fingerprint density at radius 3 is 2.62 bits per heavy atom. The highest BCUT2D eigenvalue weighted by atomic mass is 127. The van der Waals surface area contributed by atoms with Crippen LogP contribution in [0.15, 0.2) is 42.5 Å². The Bertz CT molecular complexity index is 627. The lowest BCUT2D eigenvalue weighted by Gasteiger charge is -2.10. The number of aryl methyl sites for hydroxylation is 1. The second kappa shape index (κ2) is 7.31. The normalized spacial score (nSPS) is 10.2. The van der Waals surface area contributed by atoms with Gasteiger partial charge in [0.05, 0.1) is 13.0 Å². The van der Waals surface area contributed by atoms with Crippen LogP contribution in [0.2, 0.25) is 0 Å². The Morgan fingerprint density at radius 2 is 1.95 bits per heavy atom. The number of ether oxygens (including phenoxy) is 1. The van der Waals surface area contributed by atoms with Crippen LogP contribution in [0.25, 0.3) is 0 Å². The monoisotopic (exact) mass is 396 g/mol. The molecule has 21 heavy (non-hydrogen) atoms. The number of carbonyl (C=O) groups is 1. The van der Waals surface area contributed by atoms with Crippen molar-refractivity contribution in [3.05, 3.63) is 51.6 Å². The summed E-state index contributed by atoms with van der Waals surface area (Å²) in [6, 6.07) is 13.1. The van der Waals surface area contributed by atoms with Crippen LogP contribution in [0.4, 0.5) is 11.4 Å². The largest absolute Gasteiger partial charge is 0.493 e. The molecule has 0 saturated heterocycles. The Labute approximate surface area is 137 Å². The van der Waals surface area contributed by atoms with E-state index in [0.717, 1.165) is 20.6 Å². The quantitative estimate of drug-likeness (QED) is 0.600. The van der Waals surface area contributed by atoms with Crippen molar-refractivity contribution in [2.75, 3.05) is 17.7 Å². The Balaban J connectivity index is 1.81. The van der Waals surface area contributed by atoms with Crippen molar-refractivity contribution in [1.29, 1.82) is 0 Å². The number of anilines is 2. The zero-order chi connectivity index (χ0) is 15.2. The number of hydrogen-bond donors (Lipinski definition) is 2. The number of nitrogen functional groups attached to an aromatic ring is 1. The van der Waals surface area contributed by atoms with E-state index in [9.17, 15) is 4.79 Å². The van der Waals surface area contributed by atoms with Gasteiger partial charge in [-0.1, -0.05) is 0 Å². The molecule has 0 atom stereocenters. The predicted octanol–water partition coefficient (Wildman–Crippen LogP) is 3.59. The van der Waals surface area contributed by atoms with Crippen LogP contribution >= 0.6 is 22.6 Å². The van der Waals surface area contributed by atoms with Gasteiger partial charge in [0.25, 0.3) is 0 Å². The third-order valence-electron chi connectivity index (χ3n) is 2.94. The van der Waals surface area contributed by atoms with E-state index in [-0.39, 0.29) is 5.91 Å². The first-order valence-corrected chi connectivity index (χ1v) is 7.67. The molecule has 0 unspecified atom stereocenters. The van der Waals surface area contributed by atoms with Gasteiger partial charge in [0.2, 0.25) is 5.91 Å². The second-order valence-corrected chi connectivity index (χ2v) is 5.92. The zero-order valence-electron chi connectivity index (χ0n) is 11.7. The highest BCUT2D eigenvalue weighted by molar-refractivity contribution is 14.1. The zero-order valence-corrected chi connectivity index (χ0v) is 13.9. The fourth-order valence-electron chi connectivity index (χ4n) is 1.83. The van der Waals surface area contributed by atoms with Crippen LogP contribution in [0.5, 0.6) is 5.75 Å². The summed E-state index contributed by atoms with van der Waals surface area (Å²) < 4.78 is 6.68. The van der Waals surface area contributed by atoms with Gasteiger partial charge in [0.15, 0.2) is 0 Å². The van der Waals surface area contributed by atoms with E-state index in [1.54, 1.807) is 6.07 Å². The van der Waals surface area contributed by atoms with Crippen molar-refractivity contribution in [2.24, 2.45) is 0 Å². The minimum atomic E-state index is -0.0756. The van der Waals surface area contributed by atoms with Crippen LogP contribution in [-0.2, 0) is 4.79 Å². The molecule has 5 heteroatoms. The number of nitrogens with one attached hydrogen (secondary N) is 1. The van der Waals surface area contributed by atoms with Gasteiger partial charge in [-0.25, -0.2) is 0 Å². The summed E-state index contributed by atoms with van der Waals surface area (Å²) in [5.41, 5.74) is 8.10. The summed E-state index contributed by atoms with van der Waals surface area (Å²) in [5.74, 6) is 0.695. The third-order valence-corrected chi connectivity index (χ3v) is 3.66. The lowest BCUT2D eigenvalue weighted by Crippen LogP contribution is -2.15. The average molecular weight is 396 g/mol. The topological polar surface area (TPSA) is 64.3 Å². The van der Waals surface area contributed by atoms with Crippen molar-refractivity contribution in [3.63, 3.8) is 0 Å². The highest BCUT2D eigenvalue weighted by Gasteiger charge is 2.05. The van der Waals surface area contributed by atoms with E-state index < -0.39 is 0 Å². The van der Waals surface area contributed by atoms with Gasteiger partial charge in [-0.15, -0.1) is 0 Å².